The van der Waals surface area contributed by atoms with Gasteiger partial charge in [-0.05, 0) is 26.3 Å². The molecule has 0 aromatic heterocycles. The molecule has 2 unspecified atom stereocenters. The molecule has 1 aliphatic rings. The third kappa shape index (κ3) is 2.51. The van der Waals surface area contributed by atoms with Crippen LogP contribution in [-0.2, 0) is 14.3 Å². The van der Waals surface area contributed by atoms with Gasteiger partial charge in [-0.3, -0.25) is 4.79 Å². The van der Waals surface area contributed by atoms with Crippen molar-refractivity contribution in [3.8, 4) is 0 Å². The van der Waals surface area contributed by atoms with Crippen LogP contribution in [0.15, 0.2) is 5.11 Å². The molecule has 0 aromatic carbocycles. The number of Topliss-reactive ketones (excluding diaryl/α,β-unsaturated/α-hetero) is 1. The summed E-state index contributed by atoms with van der Waals surface area (Å²) in [5, 5.41) is 12.3. The maximum atomic E-state index is 11.7. The Hall–Kier alpha value is -1.14. The minimum absolute atomic E-state index is 0.282. The van der Waals surface area contributed by atoms with Crippen LogP contribution in [0, 0.1) is 0 Å². The highest BCUT2D eigenvalue weighted by atomic mass is 16.8. The lowest BCUT2D eigenvalue weighted by Gasteiger charge is -2.23. The van der Waals surface area contributed by atoms with Crippen molar-refractivity contribution in [1.82, 2.24) is 0 Å². The molecule has 7 heteroatoms. The molecule has 0 radical (unpaired) electrons. The number of aliphatic hydroxyl groups excluding tert-OH is 1. The quantitative estimate of drug-likeness (QED) is 0.436. The summed E-state index contributed by atoms with van der Waals surface area (Å²) in [5.74, 6) is -1.54. The molecule has 0 aliphatic carbocycles. The van der Waals surface area contributed by atoms with E-state index < -0.39 is 17.5 Å². The number of carbonyl (C=O) groups excluding carboxylic acids is 1. The van der Waals surface area contributed by atoms with Crippen LogP contribution in [0.5, 0.6) is 0 Å². The molecule has 1 heterocycles. The van der Waals surface area contributed by atoms with Gasteiger partial charge >= 0.3 is 0 Å². The molecule has 90 valence electrons. The van der Waals surface area contributed by atoms with Crippen LogP contribution in [0.3, 0.4) is 0 Å². The number of rotatable bonds is 4. The second kappa shape index (κ2) is 4.39. The molecule has 1 rings (SSSR count). The van der Waals surface area contributed by atoms with Crippen LogP contribution in [0.2, 0.25) is 0 Å². The van der Waals surface area contributed by atoms with Crippen molar-refractivity contribution in [3.63, 3.8) is 0 Å². The molecule has 0 spiro atoms. The van der Waals surface area contributed by atoms with Crippen LogP contribution in [0.25, 0.3) is 10.4 Å². The topological polar surface area (TPSA) is 105 Å². The van der Waals surface area contributed by atoms with E-state index in [0.717, 1.165) is 0 Å². The Balaban J connectivity index is 2.81. The van der Waals surface area contributed by atoms with Crippen molar-refractivity contribution >= 4 is 5.78 Å². The predicted molar refractivity (Wildman–Crippen MR) is 54.5 cm³/mol. The van der Waals surface area contributed by atoms with Gasteiger partial charge < -0.3 is 14.6 Å². The van der Waals surface area contributed by atoms with E-state index in [4.69, 9.17) is 20.1 Å². The van der Waals surface area contributed by atoms with Crippen molar-refractivity contribution in [2.45, 2.75) is 38.3 Å². The van der Waals surface area contributed by atoms with E-state index in [2.05, 4.69) is 10.0 Å². The summed E-state index contributed by atoms with van der Waals surface area (Å²) >= 11 is 0. The van der Waals surface area contributed by atoms with Gasteiger partial charge in [0.2, 0.25) is 0 Å². The zero-order chi connectivity index (χ0) is 12.4. The second-order valence-corrected chi connectivity index (χ2v) is 4.35. The fourth-order valence-electron chi connectivity index (χ4n) is 1.73. The van der Waals surface area contributed by atoms with E-state index in [9.17, 15) is 4.79 Å². The summed E-state index contributed by atoms with van der Waals surface area (Å²) in [6.45, 7) is 4.30. The number of hydrogen-bond acceptors (Lipinski definition) is 5. The highest BCUT2D eigenvalue weighted by Crippen LogP contribution is 2.36. The number of carbonyl (C=O) groups is 1. The summed E-state index contributed by atoms with van der Waals surface area (Å²) in [5.41, 5.74) is 7.28. The predicted octanol–water partition coefficient (Wildman–Crippen LogP) is 0.768. The zero-order valence-corrected chi connectivity index (χ0v) is 9.51. The van der Waals surface area contributed by atoms with Crippen molar-refractivity contribution in [1.29, 1.82) is 0 Å². The number of azide groups is 1. The first-order valence-electron chi connectivity index (χ1n) is 4.87. The van der Waals surface area contributed by atoms with Gasteiger partial charge in [-0.15, -0.1) is 0 Å². The van der Waals surface area contributed by atoms with Crippen molar-refractivity contribution in [3.05, 3.63) is 10.4 Å². The summed E-state index contributed by atoms with van der Waals surface area (Å²) in [6.07, 6.45) is -0.838. The fraction of sp³-hybridized carbons (Fsp3) is 0.889. The molecule has 1 fully saturated rings. The smallest absolute Gasteiger partial charge is 0.190 e. The van der Waals surface area contributed by atoms with Crippen molar-refractivity contribution in [2.24, 2.45) is 5.11 Å². The largest absolute Gasteiger partial charge is 0.391 e. The molecule has 0 amide bonds. The van der Waals surface area contributed by atoms with Gasteiger partial charge in [0.1, 0.15) is 6.10 Å². The number of ketones is 1. The molecule has 2 atom stereocenters. The monoisotopic (exact) mass is 229 g/mol. The number of hydrogen-bond donors (Lipinski definition) is 1. The molecule has 0 aromatic rings. The zero-order valence-electron chi connectivity index (χ0n) is 9.51. The molecule has 7 nitrogen and oxygen atoms in total. The lowest BCUT2D eigenvalue weighted by Crippen LogP contribution is -2.40. The standard InChI is InChI=1S/C9H15N3O4/c1-8(2)7(6(14)4-11-12-10)15-9(3,5-13)16-8/h7,13H,4-5H2,1-3H3. The molecule has 1 N–H and O–H groups in total. The normalized spacial score (nSPS) is 32.1. The van der Waals surface area contributed by atoms with Gasteiger partial charge in [-0.25, -0.2) is 0 Å². The summed E-state index contributed by atoms with van der Waals surface area (Å²) in [6, 6.07) is 0. The summed E-state index contributed by atoms with van der Waals surface area (Å²) in [4.78, 5) is 14.2. The first kappa shape index (κ1) is 12.9. The Morgan fingerprint density at radius 1 is 1.56 bits per heavy atom. The maximum Gasteiger partial charge on any atom is 0.190 e. The SMILES string of the molecule is CC1(CO)OC(C(=O)CN=[N+]=[N-])C(C)(C)O1. The molecule has 1 saturated heterocycles. The van der Waals surface area contributed by atoms with Gasteiger partial charge in [-0.2, -0.15) is 0 Å². The average Bonchev–Trinajstić information content (AvgIpc) is 2.46. The minimum Gasteiger partial charge on any atom is -0.391 e. The van der Waals surface area contributed by atoms with Gasteiger partial charge in [0.05, 0.1) is 18.8 Å². The van der Waals surface area contributed by atoms with E-state index in [1.807, 2.05) is 0 Å². The van der Waals surface area contributed by atoms with E-state index in [1.165, 1.54) is 0 Å². The Bertz CT molecular complexity index is 338. The number of ether oxygens (including phenoxy) is 2. The van der Waals surface area contributed by atoms with Gasteiger partial charge in [0.25, 0.3) is 0 Å². The highest BCUT2D eigenvalue weighted by molar-refractivity contribution is 5.86. The maximum absolute atomic E-state index is 11.7. The van der Waals surface area contributed by atoms with E-state index in [1.54, 1.807) is 20.8 Å². The van der Waals surface area contributed by atoms with Gasteiger partial charge in [0, 0.05) is 4.91 Å². The molecule has 0 bridgehead atoms. The average molecular weight is 229 g/mol. The second-order valence-electron chi connectivity index (χ2n) is 4.35. The summed E-state index contributed by atoms with van der Waals surface area (Å²) < 4.78 is 10.8. The first-order chi connectivity index (χ1) is 7.34. The first-order valence-corrected chi connectivity index (χ1v) is 4.87. The number of nitrogens with zero attached hydrogens (tertiary/aromatic N) is 3. The Labute approximate surface area is 93.0 Å². The van der Waals surface area contributed by atoms with Gasteiger partial charge in [-0.1, -0.05) is 5.11 Å². The van der Waals surface area contributed by atoms with Crippen molar-refractivity contribution in [2.75, 3.05) is 13.2 Å². The van der Waals surface area contributed by atoms with Crippen LogP contribution < -0.4 is 0 Å². The van der Waals surface area contributed by atoms with Crippen LogP contribution in [-0.4, -0.2) is 41.5 Å². The fourth-order valence-corrected chi connectivity index (χ4v) is 1.73. The van der Waals surface area contributed by atoms with E-state index in [-0.39, 0.29) is 18.9 Å². The van der Waals surface area contributed by atoms with Crippen LogP contribution in [0.1, 0.15) is 20.8 Å². The van der Waals surface area contributed by atoms with Crippen LogP contribution >= 0.6 is 0 Å². The third-order valence-corrected chi connectivity index (χ3v) is 2.35. The number of aliphatic hydroxyl groups is 1. The van der Waals surface area contributed by atoms with Crippen molar-refractivity contribution < 1.29 is 19.4 Å². The molecule has 0 saturated carbocycles. The minimum atomic E-state index is -1.18. The van der Waals surface area contributed by atoms with E-state index in [0.29, 0.717) is 0 Å². The molecule has 1 aliphatic heterocycles. The third-order valence-electron chi connectivity index (χ3n) is 2.35. The molecular weight excluding hydrogens is 214 g/mol. The van der Waals surface area contributed by atoms with E-state index >= 15 is 0 Å². The Kier molecular flexibility index (Phi) is 3.54. The Morgan fingerprint density at radius 3 is 2.62 bits per heavy atom. The molecular formula is C9H15N3O4. The van der Waals surface area contributed by atoms with Gasteiger partial charge in [0.15, 0.2) is 11.6 Å². The summed E-state index contributed by atoms with van der Waals surface area (Å²) in [7, 11) is 0. The molecule has 16 heavy (non-hydrogen) atoms. The lowest BCUT2D eigenvalue weighted by molar-refractivity contribution is -0.194. The van der Waals surface area contributed by atoms with Crippen LogP contribution in [0.4, 0.5) is 0 Å². The highest BCUT2D eigenvalue weighted by Gasteiger charge is 2.52. The lowest BCUT2D eigenvalue weighted by atomic mass is 9.98. The Morgan fingerprint density at radius 2 is 2.19 bits per heavy atom.